The van der Waals surface area contributed by atoms with Gasteiger partial charge in [0, 0.05) is 18.6 Å². The van der Waals surface area contributed by atoms with Crippen LogP contribution in [0, 0.1) is 0 Å². The number of nitrogens with two attached hydrogens (primary N) is 2. The van der Waals surface area contributed by atoms with Gasteiger partial charge in [0.2, 0.25) is 5.91 Å². The topological polar surface area (TPSA) is 72.3 Å². The highest BCUT2D eigenvalue weighted by Crippen LogP contribution is 2.21. The van der Waals surface area contributed by atoms with Crippen molar-refractivity contribution in [3.05, 3.63) is 35.9 Å². The molecule has 0 saturated heterocycles. The van der Waals surface area contributed by atoms with Crippen LogP contribution in [-0.2, 0) is 4.79 Å². The molecule has 0 aromatic heterocycles. The zero-order valence-electron chi connectivity index (χ0n) is 10.5. The van der Waals surface area contributed by atoms with Crippen molar-refractivity contribution in [2.24, 2.45) is 11.5 Å². The van der Waals surface area contributed by atoms with Gasteiger partial charge in [-0.05, 0) is 19.4 Å². The van der Waals surface area contributed by atoms with E-state index in [1.807, 2.05) is 49.1 Å². The molecule has 0 spiro atoms. The molecule has 4 nitrogen and oxygen atoms in total. The van der Waals surface area contributed by atoms with Crippen LogP contribution >= 0.6 is 0 Å². The molecular weight excluding hydrogens is 214 g/mol. The van der Waals surface area contributed by atoms with Gasteiger partial charge in [0.25, 0.3) is 0 Å². The van der Waals surface area contributed by atoms with Crippen molar-refractivity contribution in [1.29, 1.82) is 0 Å². The summed E-state index contributed by atoms with van der Waals surface area (Å²) in [6.07, 6.45) is 0. The Bertz CT molecular complexity index is 351. The summed E-state index contributed by atoms with van der Waals surface area (Å²) in [5, 5.41) is 0. The normalized spacial score (nSPS) is 13.0. The third-order valence-electron chi connectivity index (χ3n) is 2.81. The van der Waals surface area contributed by atoms with Gasteiger partial charge in [0.05, 0.1) is 6.54 Å². The largest absolute Gasteiger partial charge is 0.369 e. The average Bonchev–Trinajstić information content (AvgIpc) is 2.29. The van der Waals surface area contributed by atoms with Crippen LogP contribution in [0.25, 0.3) is 0 Å². The third kappa shape index (κ3) is 3.84. The zero-order chi connectivity index (χ0) is 12.8. The van der Waals surface area contributed by atoms with E-state index >= 15 is 0 Å². The van der Waals surface area contributed by atoms with Crippen LogP contribution in [0.5, 0.6) is 0 Å². The molecule has 0 aliphatic heterocycles. The van der Waals surface area contributed by atoms with E-state index in [4.69, 9.17) is 11.5 Å². The lowest BCUT2D eigenvalue weighted by atomic mass is 10.0. The second-order valence-corrected chi connectivity index (χ2v) is 4.39. The van der Waals surface area contributed by atoms with E-state index in [9.17, 15) is 4.79 Å². The Kier molecular flexibility index (Phi) is 5.12. The van der Waals surface area contributed by atoms with Gasteiger partial charge in [-0.3, -0.25) is 9.69 Å². The van der Waals surface area contributed by atoms with Gasteiger partial charge < -0.3 is 11.5 Å². The summed E-state index contributed by atoms with van der Waals surface area (Å²) in [7, 11) is 0. The molecule has 0 aliphatic rings. The molecule has 0 saturated carbocycles. The maximum absolute atomic E-state index is 11.1. The summed E-state index contributed by atoms with van der Waals surface area (Å²) in [4.78, 5) is 13.1. The predicted molar refractivity (Wildman–Crippen MR) is 69.3 cm³/mol. The molecule has 0 bridgehead atoms. The first-order chi connectivity index (χ1) is 8.06. The van der Waals surface area contributed by atoms with Crippen molar-refractivity contribution in [2.75, 3.05) is 13.1 Å². The monoisotopic (exact) mass is 235 g/mol. The van der Waals surface area contributed by atoms with Crippen LogP contribution in [0.2, 0.25) is 0 Å². The predicted octanol–water partition coefficient (Wildman–Crippen LogP) is 0.882. The second-order valence-electron chi connectivity index (χ2n) is 4.39. The van der Waals surface area contributed by atoms with E-state index in [-0.39, 0.29) is 24.5 Å². The van der Waals surface area contributed by atoms with E-state index in [1.54, 1.807) is 0 Å². The number of rotatable bonds is 6. The number of benzene rings is 1. The number of carbonyl (C=O) groups is 1. The first-order valence-corrected chi connectivity index (χ1v) is 5.85. The van der Waals surface area contributed by atoms with Crippen molar-refractivity contribution in [2.45, 2.75) is 25.9 Å². The van der Waals surface area contributed by atoms with Gasteiger partial charge in [-0.15, -0.1) is 0 Å². The van der Waals surface area contributed by atoms with Gasteiger partial charge in [0.1, 0.15) is 0 Å². The Morgan fingerprint density at radius 1 is 1.29 bits per heavy atom. The van der Waals surface area contributed by atoms with Crippen molar-refractivity contribution in [1.82, 2.24) is 4.90 Å². The maximum Gasteiger partial charge on any atom is 0.231 e. The summed E-state index contributed by atoms with van der Waals surface area (Å²) < 4.78 is 0. The fraction of sp³-hybridized carbons (Fsp3) is 0.462. The van der Waals surface area contributed by atoms with E-state index in [0.717, 1.165) is 5.56 Å². The van der Waals surface area contributed by atoms with Crippen LogP contribution < -0.4 is 11.5 Å². The standard InChI is InChI=1S/C13H21N3O/c1-10(2)16(9-13(15)17)12(8-14)11-6-4-3-5-7-11/h3-7,10,12H,8-9,14H2,1-2H3,(H2,15,17). The van der Waals surface area contributed by atoms with Gasteiger partial charge in [-0.25, -0.2) is 0 Å². The van der Waals surface area contributed by atoms with Crippen LogP contribution in [-0.4, -0.2) is 29.9 Å². The van der Waals surface area contributed by atoms with Crippen molar-refractivity contribution in [3.63, 3.8) is 0 Å². The molecule has 0 radical (unpaired) electrons. The summed E-state index contributed by atoms with van der Waals surface area (Å²) in [5.74, 6) is -0.326. The SMILES string of the molecule is CC(C)N(CC(N)=O)C(CN)c1ccccc1. The first kappa shape index (κ1) is 13.7. The Hall–Kier alpha value is -1.39. The minimum atomic E-state index is -0.326. The minimum Gasteiger partial charge on any atom is -0.369 e. The molecule has 1 rings (SSSR count). The molecule has 1 amide bonds. The fourth-order valence-corrected chi connectivity index (χ4v) is 1.97. The number of hydrogen-bond acceptors (Lipinski definition) is 3. The number of amides is 1. The molecule has 4 heteroatoms. The molecule has 17 heavy (non-hydrogen) atoms. The van der Waals surface area contributed by atoms with Crippen molar-refractivity contribution >= 4 is 5.91 Å². The highest BCUT2D eigenvalue weighted by atomic mass is 16.1. The molecule has 0 aliphatic carbocycles. The van der Waals surface area contributed by atoms with E-state index in [0.29, 0.717) is 6.54 Å². The lowest BCUT2D eigenvalue weighted by Crippen LogP contribution is -2.43. The number of hydrogen-bond donors (Lipinski definition) is 2. The van der Waals surface area contributed by atoms with Gasteiger partial charge in [-0.1, -0.05) is 30.3 Å². The average molecular weight is 235 g/mol. The van der Waals surface area contributed by atoms with Crippen LogP contribution in [0.1, 0.15) is 25.5 Å². The highest BCUT2D eigenvalue weighted by molar-refractivity contribution is 5.76. The first-order valence-electron chi connectivity index (χ1n) is 5.85. The number of primary amides is 1. The summed E-state index contributed by atoms with van der Waals surface area (Å²) in [6, 6.07) is 10.2. The summed E-state index contributed by atoms with van der Waals surface area (Å²) in [5.41, 5.74) is 12.2. The van der Waals surface area contributed by atoms with Crippen molar-refractivity contribution < 1.29 is 4.79 Å². The molecule has 0 heterocycles. The lowest BCUT2D eigenvalue weighted by Gasteiger charge is -2.33. The number of carbonyl (C=O) groups excluding carboxylic acids is 1. The highest BCUT2D eigenvalue weighted by Gasteiger charge is 2.22. The third-order valence-corrected chi connectivity index (χ3v) is 2.81. The van der Waals surface area contributed by atoms with Gasteiger partial charge >= 0.3 is 0 Å². The molecule has 0 fully saturated rings. The maximum atomic E-state index is 11.1. The second kappa shape index (κ2) is 6.37. The smallest absolute Gasteiger partial charge is 0.231 e. The molecule has 1 unspecified atom stereocenters. The summed E-state index contributed by atoms with van der Waals surface area (Å²) >= 11 is 0. The van der Waals surface area contributed by atoms with Crippen LogP contribution in [0.4, 0.5) is 0 Å². The molecule has 1 atom stereocenters. The summed E-state index contributed by atoms with van der Waals surface area (Å²) in [6.45, 7) is 4.77. The Morgan fingerprint density at radius 2 is 1.88 bits per heavy atom. The van der Waals surface area contributed by atoms with Crippen molar-refractivity contribution in [3.8, 4) is 0 Å². The molecule has 1 aromatic carbocycles. The Labute approximate surface area is 103 Å². The van der Waals surface area contributed by atoms with Crippen LogP contribution in [0.15, 0.2) is 30.3 Å². The molecule has 1 aromatic rings. The van der Waals surface area contributed by atoms with E-state index < -0.39 is 0 Å². The minimum absolute atomic E-state index is 0.0312. The Morgan fingerprint density at radius 3 is 2.29 bits per heavy atom. The van der Waals surface area contributed by atoms with Gasteiger partial charge in [-0.2, -0.15) is 0 Å². The molecule has 94 valence electrons. The van der Waals surface area contributed by atoms with E-state index in [1.165, 1.54) is 0 Å². The fourth-order valence-electron chi connectivity index (χ4n) is 1.97. The molecular formula is C13H21N3O. The molecule has 4 N–H and O–H groups in total. The van der Waals surface area contributed by atoms with Crippen LogP contribution in [0.3, 0.4) is 0 Å². The Balaban J connectivity index is 2.93. The number of nitrogens with zero attached hydrogens (tertiary/aromatic N) is 1. The zero-order valence-corrected chi connectivity index (χ0v) is 10.5. The van der Waals surface area contributed by atoms with Gasteiger partial charge in [0.15, 0.2) is 0 Å². The lowest BCUT2D eigenvalue weighted by molar-refractivity contribution is -0.120. The quantitative estimate of drug-likeness (QED) is 0.769. The van der Waals surface area contributed by atoms with E-state index in [2.05, 4.69) is 0 Å².